The Bertz CT molecular complexity index is 215. The van der Waals surface area contributed by atoms with Crippen LogP contribution in [0.5, 0.6) is 0 Å². The lowest BCUT2D eigenvalue weighted by molar-refractivity contribution is -0.136. The highest BCUT2D eigenvalue weighted by Gasteiger charge is 2.22. The Morgan fingerprint density at radius 3 is 2.17 bits per heavy atom. The Morgan fingerprint density at radius 2 is 1.72 bits per heavy atom. The van der Waals surface area contributed by atoms with E-state index in [0.29, 0.717) is 26.3 Å². The molecule has 5 nitrogen and oxygen atoms in total. The van der Waals surface area contributed by atoms with Gasteiger partial charge in [-0.15, -0.1) is 12.4 Å². The molecule has 2 N–H and O–H groups in total. The summed E-state index contributed by atoms with van der Waals surface area (Å²) in [7, 11) is 3.29. The van der Waals surface area contributed by atoms with E-state index in [2.05, 4.69) is 0 Å². The lowest BCUT2D eigenvalue weighted by Crippen LogP contribution is -2.43. The Labute approximate surface area is 116 Å². The summed E-state index contributed by atoms with van der Waals surface area (Å²) in [5, 5.41) is 0. The number of halogens is 1. The van der Waals surface area contributed by atoms with Crippen molar-refractivity contribution in [2.75, 3.05) is 40.5 Å². The summed E-state index contributed by atoms with van der Waals surface area (Å²) < 4.78 is 10.0. The predicted octanol–water partition coefficient (Wildman–Crippen LogP) is 0.903. The minimum atomic E-state index is -0.158. The molecule has 2 unspecified atom stereocenters. The van der Waals surface area contributed by atoms with Crippen molar-refractivity contribution in [2.45, 2.75) is 26.3 Å². The molecule has 0 aliphatic rings. The van der Waals surface area contributed by atoms with Crippen LogP contribution in [0.3, 0.4) is 0 Å². The molecule has 0 saturated carbocycles. The van der Waals surface area contributed by atoms with E-state index in [4.69, 9.17) is 15.2 Å². The Balaban J connectivity index is 0. The van der Waals surface area contributed by atoms with Crippen LogP contribution in [0.15, 0.2) is 0 Å². The number of hydrogen-bond acceptors (Lipinski definition) is 4. The summed E-state index contributed by atoms with van der Waals surface area (Å²) in [6.45, 7) is 6.21. The summed E-state index contributed by atoms with van der Waals surface area (Å²) in [6, 6.07) is -0.130. The van der Waals surface area contributed by atoms with Crippen LogP contribution in [0.25, 0.3) is 0 Å². The van der Waals surface area contributed by atoms with Gasteiger partial charge >= 0.3 is 0 Å². The third-order valence-corrected chi connectivity index (χ3v) is 2.83. The number of amides is 1. The molecule has 0 rings (SSSR count). The van der Waals surface area contributed by atoms with E-state index in [9.17, 15) is 4.79 Å². The number of rotatable bonds is 9. The SMILES string of the molecule is COCCCN(CCOC)C(=O)C(C)C(C)N.Cl. The molecule has 18 heavy (non-hydrogen) atoms. The lowest BCUT2D eigenvalue weighted by atomic mass is 10.0. The highest BCUT2D eigenvalue weighted by atomic mass is 35.5. The average molecular weight is 283 g/mol. The molecule has 0 aromatic heterocycles. The van der Waals surface area contributed by atoms with Crippen molar-refractivity contribution >= 4 is 18.3 Å². The first-order valence-corrected chi connectivity index (χ1v) is 6.06. The highest BCUT2D eigenvalue weighted by Crippen LogP contribution is 2.07. The zero-order valence-corrected chi connectivity index (χ0v) is 12.7. The van der Waals surface area contributed by atoms with Crippen molar-refractivity contribution in [3.63, 3.8) is 0 Å². The van der Waals surface area contributed by atoms with E-state index in [-0.39, 0.29) is 30.3 Å². The van der Waals surface area contributed by atoms with Gasteiger partial charge in [0.05, 0.1) is 12.5 Å². The second-order valence-electron chi connectivity index (χ2n) is 4.31. The number of carbonyl (C=O) groups is 1. The van der Waals surface area contributed by atoms with Gasteiger partial charge in [-0.05, 0) is 13.3 Å². The van der Waals surface area contributed by atoms with Crippen molar-refractivity contribution in [3.05, 3.63) is 0 Å². The maximum Gasteiger partial charge on any atom is 0.227 e. The van der Waals surface area contributed by atoms with Crippen molar-refractivity contribution in [1.82, 2.24) is 4.90 Å². The third kappa shape index (κ3) is 7.87. The van der Waals surface area contributed by atoms with Gasteiger partial charge in [0.15, 0.2) is 0 Å². The third-order valence-electron chi connectivity index (χ3n) is 2.83. The van der Waals surface area contributed by atoms with Crippen LogP contribution in [0.2, 0.25) is 0 Å². The van der Waals surface area contributed by atoms with Crippen molar-refractivity contribution in [1.29, 1.82) is 0 Å². The van der Waals surface area contributed by atoms with Crippen LogP contribution in [-0.4, -0.2) is 57.4 Å². The maximum atomic E-state index is 12.1. The molecule has 0 saturated heterocycles. The molecule has 0 aromatic carbocycles. The van der Waals surface area contributed by atoms with Gasteiger partial charge in [0.2, 0.25) is 5.91 Å². The van der Waals surface area contributed by atoms with Gasteiger partial charge in [-0.2, -0.15) is 0 Å². The first-order valence-electron chi connectivity index (χ1n) is 6.06. The molecule has 0 aliphatic carbocycles. The van der Waals surface area contributed by atoms with Gasteiger partial charge in [0.25, 0.3) is 0 Å². The number of carbonyl (C=O) groups excluding carboxylic acids is 1. The molecule has 0 bridgehead atoms. The summed E-state index contributed by atoms with van der Waals surface area (Å²) in [6.07, 6.45) is 0.831. The number of methoxy groups -OCH3 is 2. The zero-order valence-electron chi connectivity index (χ0n) is 11.8. The molecule has 0 radical (unpaired) electrons. The first-order chi connectivity index (χ1) is 8.04. The van der Waals surface area contributed by atoms with E-state index >= 15 is 0 Å². The maximum absolute atomic E-state index is 12.1. The second-order valence-corrected chi connectivity index (χ2v) is 4.31. The monoisotopic (exact) mass is 282 g/mol. The van der Waals surface area contributed by atoms with Crippen LogP contribution in [-0.2, 0) is 14.3 Å². The fraction of sp³-hybridized carbons (Fsp3) is 0.917. The van der Waals surface area contributed by atoms with Crippen molar-refractivity contribution < 1.29 is 14.3 Å². The Kier molecular flexibility index (Phi) is 13.0. The molecule has 2 atom stereocenters. The molecule has 0 aromatic rings. The Hall–Kier alpha value is -0.360. The standard InChI is InChI=1S/C12H26N2O3.ClH/c1-10(11(2)13)12(15)14(7-9-17-4)6-5-8-16-3;/h10-11H,5-9,13H2,1-4H3;1H. The lowest BCUT2D eigenvalue weighted by Gasteiger charge is -2.27. The molecular weight excluding hydrogens is 256 g/mol. The number of hydrogen-bond donors (Lipinski definition) is 1. The minimum Gasteiger partial charge on any atom is -0.385 e. The van der Waals surface area contributed by atoms with Gasteiger partial charge in [-0.3, -0.25) is 4.79 Å². The van der Waals surface area contributed by atoms with Gasteiger partial charge in [-0.1, -0.05) is 6.92 Å². The van der Waals surface area contributed by atoms with Crippen LogP contribution in [0.4, 0.5) is 0 Å². The second kappa shape index (κ2) is 11.7. The zero-order chi connectivity index (χ0) is 13.3. The van der Waals surface area contributed by atoms with Crippen LogP contribution in [0, 0.1) is 5.92 Å². The van der Waals surface area contributed by atoms with Gasteiger partial charge in [-0.25, -0.2) is 0 Å². The molecule has 0 heterocycles. The summed E-state index contributed by atoms with van der Waals surface area (Å²) in [4.78, 5) is 13.9. The molecule has 1 amide bonds. The largest absolute Gasteiger partial charge is 0.385 e. The normalized spacial score (nSPS) is 13.6. The molecule has 6 heteroatoms. The average Bonchev–Trinajstić information content (AvgIpc) is 2.31. The van der Waals surface area contributed by atoms with Gasteiger partial charge in [0.1, 0.15) is 0 Å². The van der Waals surface area contributed by atoms with Crippen LogP contribution >= 0.6 is 12.4 Å². The van der Waals surface area contributed by atoms with Crippen molar-refractivity contribution in [2.24, 2.45) is 11.7 Å². The quantitative estimate of drug-likeness (QED) is 0.638. The fourth-order valence-electron chi connectivity index (χ4n) is 1.45. The first kappa shape index (κ1) is 20.0. The topological polar surface area (TPSA) is 64.8 Å². The molecule has 110 valence electrons. The van der Waals surface area contributed by atoms with E-state index < -0.39 is 0 Å². The van der Waals surface area contributed by atoms with Gasteiger partial charge in [0, 0.05) is 40.0 Å². The minimum absolute atomic E-state index is 0. The molecular formula is C12H27ClN2O3. The highest BCUT2D eigenvalue weighted by molar-refractivity contribution is 5.85. The Morgan fingerprint density at radius 1 is 1.17 bits per heavy atom. The smallest absolute Gasteiger partial charge is 0.227 e. The van der Waals surface area contributed by atoms with Crippen LogP contribution < -0.4 is 5.73 Å². The molecule has 0 fully saturated rings. The number of nitrogens with zero attached hydrogens (tertiary/aromatic N) is 1. The summed E-state index contributed by atoms with van der Waals surface area (Å²) in [5.41, 5.74) is 5.75. The predicted molar refractivity (Wildman–Crippen MR) is 75.0 cm³/mol. The number of ether oxygens (including phenoxy) is 2. The summed E-state index contributed by atoms with van der Waals surface area (Å²) in [5.74, 6) is -0.0671. The fourth-order valence-corrected chi connectivity index (χ4v) is 1.45. The number of nitrogens with two attached hydrogens (primary N) is 1. The summed E-state index contributed by atoms with van der Waals surface area (Å²) >= 11 is 0. The van der Waals surface area contributed by atoms with E-state index in [1.165, 1.54) is 0 Å². The van der Waals surface area contributed by atoms with Gasteiger partial charge < -0.3 is 20.1 Å². The molecule has 0 spiro atoms. The van der Waals surface area contributed by atoms with Crippen LogP contribution in [0.1, 0.15) is 20.3 Å². The van der Waals surface area contributed by atoms with E-state index in [0.717, 1.165) is 6.42 Å². The van der Waals surface area contributed by atoms with E-state index in [1.807, 2.05) is 13.8 Å². The van der Waals surface area contributed by atoms with Crippen molar-refractivity contribution in [3.8, 4) is 0 Å². The molecule has 0 aliphatic heterocycles. The van der Waals surface area contributed by atoms with E-state index in [1.54, 1.807) is 19.1 Å².